The van der Waals surface area contributed by atoms with Crippen LogP contribution in [0.2, 0.25) is 0 Å². The zero-order valence-corrected chi connectivity index (χ0v) is 12.0. The minimum absolute atomic E-state index is 0.214. The highest BCUT2D eigenvalue weighted by atomic mass is 79.9. The van der Waals surface area contributed by atoms with Crippen molar-refractivity contribution >= 4 is 15.9 Å². The van der Waals surface area contributed by atoms with Crippen molar-refractivity contribution in [2.45, 2.75) is 38.3 Å². The Morgan fingerprint density at radius 2 is 2.28 bits per heavy atom. The summed E-state index contributed by atoms with van der Waals surface area (Å²) in [6.07, 6.45) is 5.15. The second kappa shape index (κ2) is 7.22. The lowest BCUT2D eigenvalue weighted by Crippen LogP contribution is -2.25. The van der Waals surface area contributed by atoms with Gasteiger partial charge in [0.25, 0.3) is 0 Å². The lowest BCUT2D eigenvalue weighted by Gasteiger charge is -2.22. The van der Waals surface area contributed by atoms with E-state index in [1.54, 1.807) is 0 Å². The van der Waals surface area contributed by atoms with E-state index in [9.17, 15) is 4.39 Å². The molecule has 1 unspecified atom stereocenters. The topological polar surface area (TPSA) is 21.3 Å². The summed E-state index contributed by atoms with van der Waals surface area (Å²) in [6, 6.07) is 5.12. The summed E-state index contributed by atoms with van der Waals surface area (Å²) in [5.41, 5.74) is 1.09. The van der Waals surface area contributed by atoms with Gasteiger partial charge in [-0.15, -0.1) is 0 Å². The molecule has 1 aliphatic rings. The number of benzene rings is 1. The maximum absolute atomic E-state index is 13.0. The van der Waals surface area contributed by atoms with Gasteiger partial charge in [0.2, 0.25) is 0 Å². The van der Waals surface area contributed by atoms with Crippen molar-refractivity contribution in [1.82, 2.24) is 5.32 Å². The molecule has 0 amide bonds. The third-order valence-electron chi connectivity index (χ3n) is 3.23. The van der Waals surface area contributed by atoms with Crippen LogP contribution in [0.3, 0.4) is 0 Å². The van der Waals surface area contributed by atoms with E-state index < -0.39 is 0 Å². The average molecular weight is 316 g/mol. The fourth-order valence-electron chi connectivity index (χ4n) is 2.18. The molecule has 1 heterocycles. The van der Waals surface area contributed by atoms with Crippen LogP contribution >= 0.6 is 15.9 Å². The van der Waals surface area contributed by atoms with E-state index in [0.29, 0.717) is 10.6 Å². The quantitative estimate of drug-likeness (QED) is 0.838. The SMILES string of the molecule is Fc1ccc(CNCCC2CCCCO2)cc1Br. The molecule has 1 fully saturated rings. The van der Waals surface area contributed by atoms with Crippen molar-refractivity contribution in [3.63, 3.8) is 0 Å². The Bertz CT molecular complexity index is 380. The van der Waals surface area contributed by atoms with Crippen LogP contribution < -0.4 is 5.32 Å². The van der Waals surface area contributed by atoms with Gasteiger partial charge in [0, 0.05) is 13.2 Å². The average Bonchev–Trinajstić information content (AvgIpc) is 2.40. The van der Waals surface area contributed by atoms with Crippen molar-refractivity contribution < 1.29 is 9.13 Å². The standard InChI is InChI=1S/C14H19BrFNO/c15-13-9-11(4-5-14(13)16)10-17-7-6-12-3-1-2-8-18-12/h4-5,9,12,17H,1-3,6-8,10H2. The van der Waals surface area contributed by atoms with E-state index in [0.717, 1.165) is 31.7 Å². The Hall–Kier alpha value is -0.450. The Balaban J connectivity index is 1.66. The molecule has 1 aromatic rings. The molecule has 0 aromatic heterocycles. The molecule has 0 aliphatic carbocycles. The first-order valence-electron chi connectivity index (χ1n) is 6.52. The maximum Gasteiger partial charge on any atom is 0.137 e. The Kier molecular flexibility index (Phi) is 5.60. The van der Waals surface area contributed by atoms with Crippen molar-refractivity contribution in [3.8, 4) is 0 Å². The molecule has 0 spiro atoms. The predicted octanol–water partition coefficient (Wildman–Crippen LogP) is 3.64. The first kappa shape index (κ1) is 14.0. The number of ether oxygens (including phenoxy) is 1. The molecular formula is C14H19BrFNO. The molecule has 100 valence electrons. The van der Waals surface area contributed by atoms with Crippen LogP contribution in [0.25, 0.3) is 0 Å². The molecule has 1 aliphatic heterocycles. The van der Waals surface area contributed by atoms with E-state index in [1.165, 1.54) is 25.3 Å². The third kappa shape index (κ3) is 4.34. The Labute approximate surface area is 116 Å². The van der Waals surface area contributed by atoms with Crippen LogP contribution in [0.1, 0.15) is 31.2 Å². The van der Waals surface area contributed by atoms with Crippen LogP contribution in [-0.4, -0.2) is 19.3 Å². The highest BCUT2D eigenvalue weighted by Crippen LogP contribution is 2.17. The van der Waals surface area contributed by atoms with Crippen LogP contribution in [0, 0.1) is 5.82 Å². The van der Waals surface area contributed by atoms with Gasteiger partial charge in [0.15, 0.2) is 0 Å². The first-order chi connectivity index (χ1) is 8.75. The van der Waals surface area contributed by atoms with E-state index in [-0.39, 0.29) is 5.82 Å². The van der Waals surface area contributed by atoms with Gasteiger partial charge in [-0.3, -0.25) is 0 Å². The second-order valence-electron chi connectivity index (χ2n) is 4.70. The lowest BCUT2D eigenvalue weighted by molar-refractivity contribution is 0.0115. The lowest BCUT2D eigenvalue weighted by atomic mass is 10.1. The fraction of sp³-hybridized carbons (Fsp3) is 0.571. The molecule has 2 nitrogen and oxygen atoms in total. The van der Waals surface area contributed by atoms with Gasteiger partial charge >= 0.3 is 0 Å². The van der Waals surface area contributed by atoms with Gasteiger partial charge < -0.3 is 10.1 Å². The summed E-state index contributed by atoms with van der Waals surface area (Å²) in [5, 5.41) is 3.37. The van der Waals surface area contributed by atoms with Gasteiger partial charge in [0.05, 0.1) is 10.6 Å². The van der Waals surface area contributed by atoms with Crippen molar-refractivity contribution in [2.75, 3.05) is 13.2 Å². The van der Waals surface area contributed by atoms with Crippen molar-refractivity contribution in [3.05, 3.63) is 34.1 Å². The summed E-state index contributed by atoms with van der Waals surface area (Å²) in [4.78, 5) is 0. The Morgan fingerprint density at radius 1 is 1.39 bits per heavy atom. The van der Waals surface area contributed by atoms with E-state index in [4.69, 9.17) is 4.74 Å². The largest absolute Gasteiger partial charge is 0.378 e. The van der Waals surface area contributed by atoms with Crippen molar-refractivity contribution in [2.24, 2.45) is 0 Å². The molecule has 0 saturated carbocycles. The maximum atomic E-state index is 13.0. The molecule has 1 N–H and O–H groups in total. The van der Waals surface area contributed by atoms with Gasteiger partial charge in [-0.1, -0.05) is 6.07 Å². The summed E-state index contributed by atoms with van der Waals surface area (Å²) in [5.74, 6) is -0.214. The minimum Gasteiger partial charge on any atom is -0.378 e. The van der Waals surface area contributed by atoms with Gasteiger partial charge in [-0.05, 0) is 65.9 Å². The first-order valence-corrected chi connectivity index (χ1v) is 7.31. The number of rotatable bonds is 5. The molecule has 1 aromatic carbocycles. The fourth-order valence-corrected chi connectivity index (χ4v) is 2.61. The van der Waals surface area contributed by atoms with Crippen molar-refractivity contribution in [1.29, 1.82) is 0 Å². The molecule has 0 radical (unpaired) electrons. The van der Waals surface area contributed by atoms with Gasteiger partial charge in [-0.2, -0.15) is 0 Å². The molecule has 1 saturated heterocycles. The molecule has 1 atom stereocenters. The molecule has 0 bridgehead atoms. The molecule has 2 rings (SSSR count). The smallest absolute Gasteiger partial charge is 0.137 e. The highest BCUT2D eigenvalue weighted by molar-refractivity contribution is 9.10. The van der Waals surface area contributed by atoms with E-state index in [1.807, 2.05) is 12.1 Å². The summed E-state index contributed by atoms with van der Waals surface area (Å²) in [6.45, 7) is 2.63. The highest BCUT2D eigenvalue weighted by Gasteiger charge is 2.12. The normalized spacial score (nSPS) is 20.0. The number of hydrogen-bond donors (Lipinski definition) is 1. The third-order valence-corrected chi connectivity index (χ3v) is 3.84. The van der Waals surface area contributed by atoms with Gasteiger partial charge in [-0.25, -0.2) is 4.39 Å². The van der Waals surface area contributed by atoms with E-state index in [2.05, 4.69) is 21.2 Å². The van der Waals surface area contributed by atoms with Crippen LogP contribution in [0.15, 0.2) is 22.7 Å². The summed E-state index contributed by atoms with van der Waals surface area (Å²) >= 11 is 3.19. The van der Waals surface area contributed by atoms with Crippen LogP contribution in [0.5, 0.6) is 0 Å². The predicted molar refractivity (Wildman–Crippen MR) is 74.0 cm³/mol. The molecular weight excluding hydrogens is 297 g/mol. The molecule has 4 heteroatoms. The zero-order valence-electron chi connectivity index (χ0n) is 10.4. The van der Waals surface area contributed by atoms with E-state index >= 15 is 0 Å². The zero-order chi connectivity index (χ0) is 12.8. The molecule has 18 heavy (non-hydrogen) atoms. The second-order valence-corrected chi connectivity index (χ2v) is 5.56. The van der Waals surface area contributed by atoms with Crippen LogP contribution in [0.4, 0.5) is 4.39 Å². The van der Waals surface area contributed by atoms with Gasteiger partial charge in [0.1, 0.15) is 5.82 Å². The number of nitrogens with one attached hydrogen (secondary N) is 1. The van der Waals surface area contributed by atoms with Crippen LogP contribution in [-0.2, 0) is 11.3 Å². The number of halogens is 2. The minimum atomic E-state index is -0.214. The number of hydrogen-bond acceptors (Lipinski definition) is 2. The monoisotopic (exact) mass is 315 g/mol. The Morgan fingerprint density at radius 3 is 3.00 bits per heavy atom. The summed E-state index contributed by atoms with van der Waals surface area (Å²) in [7, 11) is 0. The summed E-state index contributed by atoms with van der Waals surface area (Å²) < 4.78 is 19.2.